The van der Waals surface area contributed by atoms with Gasteiger partial charge in [0.15, 0.2) is 0 Å². The summed E-state index contributed by atoms with van der Waals surface area (Å²) in [6.07, 6.45) is -4.25. The van der Waals surface area contributed by atoms with Gasteiger partial charge in [0.2, 0.25) is 0 Å². The van der Waals surface area contributed by atoms with Gasteiger partial charge in [-0.2, -0.15) is 13.2 Å². The summed E-state index contributed by atoms with van der Waals surface area (Å²) in [7, 11) is 1.68. The molecule has 1 aromatic carbocycles. The Kier molecular flexibility index (Phi) is 5.02. The molecule has 0 atom stereocenters. The molecule has 18 heavy (non-hydrogen) atoms. The Hall–Kier alpha value is -1.23. The van der Waals surface area contributed by atoms with Gasteiger partial charge < -0.3 is 10.6 Å². The van der Waals surface area contributed by atoms with Gasteiger partial charge in [0.1, 0.15) is 0 Å². The Labute approximate surface area is 106 Å². The van der Waals surface area contributed by atoms with Crippen LogP contribution in [0.4, 0.5) is 18.9 Å². The quantitative estimate of drug-likeness (QED) is 0.882. The van der Waals surface area contributed by atoms with E-state index in [-0.39, 0.29) is 6.54 Å². The molecular weight excluding hydrogens is 241 g/mol. The molecule has 5 heteroatoms. The van der Waals surface area contributed by atoms with Gasteiger partial charge in [-0.3, -0.25) is 0 Å². The lowest BCUT2D eigenvalue weighted by molar-refractivity contribution is -0.132. The molecule has 2 nitrogen and oxygen atoms in total. The van der Waals surface area contributed by atoms with Crippen LogP contribution in [-0.2, 0) is 6.42 Å². The summed E-state index contributed by atoms with van der Waals surface area (Å²) in [4.78, 5) is 1.64. The van der Waals surface area contributed by atoms with Gasteiger partial charge in [-0.25, -0.2) is 0 Å². The van der Waals surface area contributed by atoms with Gasteiger partial charge in [-0.1, -0.05) is 17.7 Å². The highest BCUT2D eigenvalue weighted by Gasteiger charge is 2.27. The van der Waals surface area contributed by atoms with E-state index in [9.17, 15) is 13.2 Å². The molecule has 0 saturated heterocycles. The monoisotopic (exact) mass is 260 g/mol. The lowest BCUT2D eigenvalue weighted by Gasteiger charge is -2.23. The largest absolute Gasteiger partial charge is 0.390 e. The average Bonchev–Trinajstić information content (AvgIpc) is 2.25. The van der Waals surface area contributed by atoms with Crippen LogP contribution in [0, 0.1) is 6.92 Å². The molecule has 0 saturated carbocycles. The smallest absolute Gasteiger partial charge is 0.374 e. The van der Waals surface area contributed by atoms with Crippen LogP contribution in [-0.4, -0.2) is 26.3 Å². The van der Waals surface area contributed by atoms with E-state index in [2.05, 4.69) is 0 Å². The van der Waals surface area contributed by atoms with Crippen LogP contribution in [0.5, 0.6) is 0 Å². The van der Waals surface area contributed by atoms with E-state index in [1.54, 1.807) is 11.9 Å². The highest BCUT2D eigenvalue weighted by Crippen LogP contribution is 2.25. The van der Waals surface area contributed by atoms with Crippen molar-refractivity contribution in [3.63, 3.8) is 0 Å². The average molecular weight is 260 g/mol. The molecule has 1 rings (SSSR count). The van der Waals surface area contributed by atoms with Gasteiger partial charge in [0, 0.05) is 19.3 Å². The molecule has 0 aliphatic carbocycles. The Balaban J connectivity index is 2.80. The van der Waals surface area contributed by atoms with Gasteiger partial charge >= 0.3 is 6.18 Å². The van der Waals surface area contributed by atoms with Crippen molar-refractivity contribution in [3.8, 4) is 0 Å². The van der Waals surface area contributed by atoms with Crippen LogP contribution in [0.2, 0.25) is 0 Å². The molecule has 102 valence electrons. The minimum absolute atomic E-state index is 0.0376. The molecular formula is C13H19F3N2. The zero-order chi connectivity index (χ0) is 13.8. The topological polar surface area (TPSA) is 29.3 Å². The first-order valence-electron chi connectivity index (χ1n) is 5.91. The van der Waals surface area contributed by atoms with Crippen LogP contribution in [0.3, 0.4) is 0 Å². The number of nitrogens with two attached hydrogens (primary N) is 1. The first-order chi connectivity index (χ1) is 8.33. The second kappa shape index (κ2) is 6.09. The molecule has 0 aliphatic rings. The lowest BCUT2D eigenvalue weighted by Crippen LogP contribution is -2.25. The Morgan fingerprint density at radius 3 is 2.50 bits per heavy atom. The van der Waals surface area contributed by atoms with Crippen molar-refractivity contribution in [3.05, 3.63) is 29.3 Å². The van der Waals surface area contributed by atoms with Crippen LogP contribution in [0.1, 0.15) is 17.5 Å². The molecule has 2 N–H and O–H groups in total. The maximum atomic E-state index is 12.2. The summed E-state index contributed by atoms with van der Waals surface area (Å²) in [5, 5.41) is 0. The zero-order valence-corrected chi connectivity index (χ0v) is 10.7. The van der Waals surface area contributed by atoms with Crippen molar-refractivity contribution in [1.29, 1.82) is 0 Å². The van der Waals surface area contributed by atoms with E-state index in [1.165, 1.54) is 0 Å². The van der Waals surface area contributed by atoms with E-state index >= 15 is 0 Å². The number of hydrogen-bond donors (Lipinski definition) is 1. The Bertz CT molecular complexity index is 388. The van der Waals surface area contributed by atoms with Gasteiger partial charge in [0.05, 0.1) is 6.42 Å². The molecule has 0 bridgehead atoms. The molecule has 0 unspecified atom stereocenters. The number of anilines is 1. The van der Waals surface area contributed by atoms with E-state index in [0.717, 1.165) is 16.8 Å². The van der Waals surface area contributed by atoms with Crippen molar-refractivity contribution in [1.82, 2.24) is 0 Å². The highest BCUT2D eigenvalue weighted by molar-refractivity contribution is 5.54. The van der Waals surface area contributed by atoms with Crippen molar-refractivity contribution < 1.29 is 13.2 Å². The fourth-order valence-electron chi connectivity index (χ4n) is 1.86. The number of aryl methyl sites for hydroxylation is 1. The summed E-state index contributed by atoms with van der Waals surface area (Å²) in [6.45, 7) is 2.41. The number of alkyl halides is 3. The standard InChI is InChI=1S/C13H19F3N2/c1-10-3-4-12(11(9-10)5-7-17)18(2)8-6-13(14,15)16/h3-4,9H,5-8,17H2,1-2H3. The summed E-state index contributed by atoms with van der Waals surface area (Å²) in [6, 6.07) is 5.74. The summed E-state index contributed by atoms with van der Waals surface area (Å²) < 4.78 is 36.6. The number of hydrogen-bond acceptors (Lipinski definition) is 2. The number of rotatable bonds is 5. The van der Waals surface area contributed by atoms with E-state index < -0.39 is 12.6 Å². The van der Waals surface area contributed by atoms with E-state index in [1.807, 2.05) is 25.1 Å². The van der Waals surface area contributed by atoms with Crippen LogP contribution in [0.25, 0.3) is 0 Å². The summed E-state index contributed by atoms with van der Waals surface area (Å²) in [5.41, 5.74) is 8.44. The Morgan fingerprint density at radius 1 is 1.28 bits per heavy atom. The second-order valence-corrected chi connectivity index (χ2v) is 4.46. The van der Waals surface area contributed by atoms with E-state index in [0.29, 0.717) is 13.0 Å². The third-order valence-electron chi connectivity index (χ3n) is 2.79. The van der Waals surface area contributed by atoms with Gasteiger partial charge in [-0.15, -0.1) is 0 Å². The third-order valence-corrected chi connectivity index (χ3v) is 2.79. The number of halogens is 3. The van der Waals surface area contributed by atoms with Gasteiger partial charge in [0.25, 0.3) is 0 Å². The molecule has 0 heterocycles. The molecule has 0 aliphatic heterocycles. The fourth-order valence-corrected chi connectivity index (χ4v) is 1.86. The molecule has 0 aromatic heterocycles. The minimum atomic E-state index is -4.12. The zero-order valence-electron chi connectivity index (χ0n) is 10.7. The maximum Gasteiger partial charge on any atom is 0.390 e. The normalized spacial score (nSPS) is 11.7. The summed E-state index contributed by atoms with van der Waals surface area (Å²) >= 11 is 0. The molecule has 0 radical (unpaired) electrons. The minimum Gasteiger partial charge on any atom is -0.374 e. The SMILES string of the molecule is Cc1ccc(N(C)CCC(F)(F)F)c(CCN)c1. The molecule has 0 amide bonds. The van der Waals surface area contributed by atoms with Crippen molar-refractivity contribution in [2.75, 3.05) is 25.0 Å². The summed E-state index contributed by atoms with van der Waals surface area (Å²) in [5.74, 6) is 0. The van der Waals surface area contributed by atoms with Crippen LogP contribution >= 0.6 is 0 Å². The number of nitrogens with zero attached hydrogens (tertiary/aromatic N) is 1. The second-order valence-electron chi connectivity index (χ2n) is 4.46. The predicted octanol–water partition coefficient (Wildman–Crippen LogP) is 2.88. The Morgan fingerprint density at radius 2 is 1.94 bits per heavy atom. The van der Waals surface area contributed by atoms with Gasteiger partial charge in [-0.05, 0) is 31.5 Å². The van der Waals surface area contributed by atoms with Crippen LogP contribution in [0.15, 0.2) is 18.2 Å². The fraction of sp³-hybridized carbons (Fsp3) is 0.538. The van der Waals surface area contributed by atoms with Crippen molar-refractivity contribution >= 4 is 5.69 Å². The molecule has 0 fully saturated rings. The molecule has 0 spiro atoms. The first kappa shape index (κ1) is 14.8. The highest BCUT2D eigenvalue weighted by atomic mass is 19.4. The van der Waals surface area contributed by atoms with Crippen molar-refractivity contribution in [2.45, 2.75) is 25.9 Å². The van der Waals surface area contributed by atoms with Crippen LogP contribution < -0.4 is 10.6 Å². The maximum absolute atomic E-state index is 12.2. The van der Waals surface area contributed by atoms with E-state index in [4.69, 9.17) is 5.73 Å². The first-order valence-corrected chi connectivity index (χ1v) is 5.91. The lowest BCUT2D eigenvalue weighted by atomic mass is 10.1. The van der Waals surface area contributed by atoms with Crippen molar-refractivity contribution in [2.24, 2.45) is 5.73 Å². The molecule has 1 aromatic rings. The third kappa shape index (κ3) is 4.56. The number of benzene rings is 1. The predicted molar refractivity (Wildman–Crippen MR) is 67.9 cm³/mol.